The molecule has 0 fully saturated rings. The first-order valence-electron chi connectivity index (χ1n) is 10.9. The predicted octanol–water partition coefficient (Wildman–Crippen LogP) is 5.23. The molecule has 7 nitrogen and oxygen atoms in total. The minimum atomic E-state index is 0.263. The van der Waals surface area contributed by atoms with Crippen LogP contribution >= 0.6 is 0 Å². The van der Waals surface area contributed by atoms with Crippen molar-refractivity contribution in [2.75, 3.05) is 14.2 Å². The highest BCUT2D eigenvalue weighted by atomic mass is 16.5. The van der Waals surface area contributed by atoms with Gasteiger partial charge in [0, 0.05) is 46.6 Å². The molecule has 0 atom stereocenters. The molecule has 0 saturated carbocycles. The van der Waals surface area contributed by atoms with Crippen LogP contribution in [-0.4, -0.2) is 38.7 Å². The van der Waals surface area contributed by atoms with E-state index in [1.54, 1.807) is 20.4 Å². The molecule has 0 radical (unpaired) electrons. The third-order valence-electron chi connectivity index (χ3n) is 5.85. The number of benzene rings is 1. The molecule has 0 N–H and O–H groups in total. The van der Waals surface area contributed by atoms with Gasteiger partial charge in [0.15, 0.2) is 5.82 Å². The zero-order valence-corrected chi connectivity index (χ0v) is 19.1. The maximum absolute atomic E-state index is 5.65. The molecule has 0 aliphatic rings. The Morgan fingerprint density at radius 1 is 0.939 bits per heavy atom. The largest absolute Gasteiger partial charge is 0.497 e. The van der Waals surface area contributed by atoms with Gasteiger partial charge < -0.3 is 14.0 Å². The molecule has 166 valence electrons. The minimum Gasteiger partial charge on any atom is -0.497 e. The summed E-state index contributed by atoms with van der Waals surface area (Å²) < 4.78 is 13.2. The number of rotatable bonds is 6. The molecule has 5 rings (SSSR count). The van der Waals surface area contributed by atoms with E-state index in [2.05, 4.69) is 28.4 Å². The van der Waals surface area contributed by atoms with Crippen molar-refractivity contribution in [3.8, 4) is 22.9 Å². The molecule has 0 saturated heterocycles. The van der Waals surface area contributed by atoms with E-state index in [1.165, 1.54) is 0 Å². The van der Waals surface area contributed by atoms with Gasteiger partial charge in [0.2, 0.25) is 0 Å². The first-order chi connectivity index (χ1) is 16.1. The minimum absolute atomic E-state index is 0.263. The standard InChI is InChI=1S/C26H25N5O2/c1-16(2)24-20(6-5-10-28-24)25-29-13-21-19-9-11-27-14-22(19)31(26(21)30-25)15-17-7-8-18(32-3)12-23(17)33-4/h5-14,16H,15H2,1-4H3. The summed E-state index contributed by atoms with van der Waals surface area (Å²) >= 11 is 0. The molecular weight excluding hydrogens is 414 g/mol. The highest BCUT2D eigenvalue weighted by Gasteiger charge is 2.18. The third kappa shape index (κ3) is 3.65. The smallest absolute Gasteiger partial charge is 0.163 e. The summed E-state index contributed by atoms with van der Waals surface area (Å²) in [6.45, 7) is 4.82. The average Bonchev–Trinajstić information content (AvgIpc) is 3.17. The van der Waals surface area contributed by atoms with Crippen LogP contribution in [-0.2, 0) is 6.54 Å². The molecule has 0 amide bonds. The van der Waals surface area contributed by atoms with Crippen LogP contribution in [0.25, 0.3) is 33.3 Å². The molecule has 0 aliphatic heterocycles. The fraction of sp³-hybridized carbons (Fsp3) is 0.231. The van der Waals surface area contributed by atoms with Gasteiger partial charge in [-0.05, 0) is 36.2 Å². The van der Waals surface area contributed by atoms with E-state index >= 15 is 0 Å². The molecule has 0 spiro atoms. The fourth-order valence-corrected chi connectivity index (χ4v) is 4.22. The second kappa shape index (κ2) is 8.50. The normalized spacial score (nSPS) is 11.4. The van der Waals surface area contributed by atoms with Crippen molar-refractivity contribution in [3.63, 3.8) is 0 Å². The van der Waals surface area contributed by atoms with Crippen LogP contribution in [0.2, 0.25) is 0 Å². The Hall–Kier alpha value is -4.00. The van der Waals surface area contributed by atoms with Gasteiger partial charge in [-0.2, -0.15) is 0 Å². The van der Waals surface area contributed by atoms with Crippen molar-refractivity contribution in [2.45, 2.75) is 26.3 Å². The Morgan fingerprint density at radius 3 is 2.61 bits per heavy atom. The first-order valence-corrected chi connectivity index (χ1v) is 10.9. The maximum atomic E-state index is 5.65. The van der Waals surface area contributed by atoms with E-state index in [1.807, 2.05) is 55.0 Å². The third-order valence-corrected chi connectivity index (χ3v) is 5.85. The van der Waals surface area contributed by atoms with Gasteiger partial charge in [-0.1, -0.05) is 13.8 Å². The van der Waals surface area contributed by atoms with Crippen molar-refractivity contribution in [1.29, 1.82) is 0 Å². The number of nitrogens with zero attached hydrogens (tertiary/aromatic N) is 5. The zero-order chi connectivity index (χ0) is 22.9. The summed E-state index contributed by atoms with van der Waals surface area (Å²) in [5, 5.41) is 2.05. The molecule has 7 heteroatoms. The van der Waals surface area contributed by atoms with Crippen molar-refractivity contribution >= 4 is 21.9 Å². The van der Waals surface area contributed by atoms with Crippen molar-refractivity contribution in [1.82, 2.24) is 24.5 Å². The highest BCUT2D eigenvalue weighted by molar-refractivity contribution is 6.06. The number of methoxy groups -OCH3 is 2. The van der Waals surface area contributed by atoms with E-state index in [-0.39, 0.29) is 5.92 Å². The fourth-order valence-electron chi connectivity index (χ4n) is 4.22. The molecule has 5 aromatic rings. The molecule has 0 aliphatic carbocycles. The van der Waals surface area contributed by atoms with Crippen LogP contribution in [0, 0.1) is 0 Å². The molecule has 1 aromatic carbocycles. The Bertz CT molecular complexity index is 1460. The number of hydrogen-bond donors (Lipinski definition) is 0. The number of hydrogen-bond acceptors (Lipinski definition) is 6. The van der Waals surface area contributed by atoms with Crippen LogP contribution in [0.3, 0.4) is 0 Å². The number of pyridine rings is 2. The molecule has 33 heavy (non-hydrogen) atoms. The monoisotopic (exact) mass is 439 g/mol. The number of fused-ring (bicyclic) bond motifs is 3. The molecular formula is C26H25N5O2. The second-order valence-electron chi connectivity index (χ2n) is 8.18. The maximum Gasteiger partial charge on any atom is 0.163 e. The SMILES string of the molecule is COc1ccc(Cn2c3cnccc3c3cnc(-c4cccnc4C(C)C)nc32)c(OC)c1. The lowest BCUT2D eigenvalue weighted by molar-refractivity contribution is 0.390. The lowest BCUT2D eigenvalue weighted by Crippen LogP contribution is -2.05. The number of aromatic nitrogens is 5. The van der Waals surface area contributed by atoms with Gasteiger partial charge in [0.05, 0.1) is 38.2 Å². The Labute approximate surface area is 192 Å². The summed E-state index contributed by atoms with van der Waals surface area (Å²) in [7, 11) is 3.32. The van der Waals surface area contributed by atoms with Crippen LogP contribution in [0.1, 0.15) is 31.0 Å². The predicted molar refractivity (Wildman–Crippen MR) is 129 cm³/mol. The number of ether oxygens (including phenoxy) is 2. The first kappa shape index (κ1) is 20.9. The highest BCUT2D eigenvalue weighted by Crippen LogP contribution is 2.33. The summed E-state index contributed by atoms with van der Waals surface area (Å²) in [5.74, 6) is 2.44. The van der Waals surface area contributed by atoms with Crippen LogP contribution < -0.4 is 9.47 Å². The summed E-state index contributed by atoms with van der Waals surface area (Å²) in [6, 6.07) is 11.8. The van der Waals surface area contributed by atoms with Crippen molar-refractivity contribution in [3.05, 3.63) is 72.4 Å². The lowest BCUT2D eigenvalue weighted by atomic mass is 10.0. The van der Waals surface area contributed by atoms with Gasteiger partial charge in [-0.25, -0.2) is 9.97 Å². The van der Waals surface area contributed by atoms with Gasteiger partial charge in [-0.3, -0.25) is 9.97 Å². The van der Waals surface area contributed by atoms with Gasteiger partial charge in [0.25, 0.3) is 0 Å². The topological polar surface area (TPSA) is 75.0 Å². The van der Waals surface area contributed by atoms with Gasteiger partial charge in [0.1, 0.15) is 17.1 Å². The summed E-state index contributed by atoms with van der Waals surface area (Å²) in [4.78, 5) is 18.7. The zero-order valence-electron chi connectivity index (χ0n) is 19.1. The average molecular weight is 440 g/mol. The molecule has 4 heterocycles. The van der Waals surface area contributed by atoms with Crippen LogP contribution in [0.4, 0.5) is 0 Å². The van der Waals surface area contributed by atoms with E-state index in [0.717, 1.165) is 50.3 Å². The Balaban J connectivity index is 1.72. The van der Waals surface area contributed by atoms with Crippen molar-refractivity contribution in [2.24, 2.45) is 0 Å². The van der Waals surface area contributed by atoms with Gasteiger partial charge in [-0.15, -0.1) is 0 Å². The molecule has 0 unspecified atom stereocenters. The van der Waals surface area contributed by atoms with E-state index in [9.17, 15) is 0 Å². The molecule has 4 aromatic heterocycles. The van der Waals surface area contributed by atoms with Crippen LogP contribution in [0.5, 0.6) is 11.5 Å². The van der Waals surface area contributed by atoms with E-state index < -0.39 is 0 Å². The quantitative estimate of drug-likeness (QED) is 0.361. The summed E-state index contributed by atoms with van der Waals surface area (Å²) in [5.41, 5.74) is 4.79. The summed E-state index contributed by atoms with van der Waals surface area (Å²) in [6.07, 6.45) is 7.39. The van der Waals surface area contributed by atoms with Crippen molar-refractivity contribution < 1.29 is 9.47 Å². The molecule has 0 bridgehead atoms. The lowest BCUT2D eigenvalue weighted by Gasteiger charge is -2.13. The Morgan fingerprint density at radius 2 is 1.82 bits per heavy atom. The Kier molecular flexibility index (Phi) is 5.38. The van der Waals surface area contributed by atoms with Gasteiger partial charge >= 0.3 is 0 Å². The second-order valence-corrected chi connectivity index (χ2v) is 8.18. The van der Waals surface area contributed by atoms with E-state index in [4.69, 9.17) is 19.4 Å². The van der Waals surface area contributed by atoms with E-state index in [0.29, 0.717) is 12.4 Å². The van der Waals surface area contributed by atoms with Crippen LogP contribution in [0.15, 0.2) is 61.2 Å².